The van der Waals surface area contributed by atoms with Gasteiger partial charge < -0.3 is 5.32 Å². The van der Waals surface area contributed by atoms with Crippen molar-refractivity contribution in [3.63, 3.8) is 0 Å². The average Bonchev–Trinajstić information content (AvgIpc) is 3.21. The number of hydrogen-bond acceptors (Lipinski definition) is 6. The fraction of sp³-hybridized carbons (Fsp3) is 0.412. The summed E-state index contributed by atoms with van der Waals surface area (Å²) in [7, 11) is -3.72. The van der Waals surface area contributed by atoms with Crippen LogP contribution in [0.25, 0.3) is 0 Å². The van der Waals surface area contributed by atoms with Gasteiger partial charge in [0.15, 0.2) is 0 Å². The topological polar surface area (TPSA) is 79.4 Å². The minimum absolute atomic E-state index is 0.263. The van der Waals surface area contributed by atoms with Gasteiger partial charge in [-0.3, -0.25) is 4.79 Å². The summed E-state index contributed by atoms with van der Waals surface area (Å²) >= 11 is 2.97. The number of carbonyl (C=O) groups excluding carboxylic acids is 1. The summed E-state index contributed by atoms with van der Waals surface area (Å²) in [5.41, 5.74) is 2.49. The Labute approximate surface area is 162 Å². The first kappa shape index (κ1) is 19.3. The van der Waals surface area contributed by atoms with Crippen molar-refractivity contribution in [2.75, 3.05) is 11.6 Å². The summed E-state index contributed by atoms with van der Waals surface area (Å²) in [5, 5.41) is 5.64. The molecule has 1 N–H and O–H groups in total. The van der Waals surface area contributed by atoms with Gasteiger partial charge in [-0.15, -0.1) is 23.1 Å². The third-order valence-corrected chi connectivity index (χ3v) is 8.18. The van der Waals surface area contributed by atoms with Gasteiger partial charge in [0.2, 0.25) is 15.9 Å². The Hall–Kier alpha value is -1.42. The van der Waals surface area contributed by atoms with Crippen molar-refractivity contribution in [2.45, 2.75) is 38.3 Å². The van der Waals surface area contributed by atoms with Crippen LogP contribution in [0.15, 0.2) is 28.5 Å². The molecule has 0 saturated carbocycles. The van der Waals surface area contributed by atoms with Gasteiger partial charge in [-0.25, -0.2) is 13.4 Å². The minimum Gasteiger partial charge on any atom is -0.349 e. The SMILES string of the molecule is Cc1ccc(S(=O)(=O)N2CSCC2C(=O)NCc2csc(C)n2)c(C)c1. The minimum atomic E-state index is -3.72. The van der Waals surface area contributed by atoms with Crippen molar-refractivity contribution in [2.24, 2.45) is 0 Å². The molecule has 0 bridgehead atoms. The number of sulfonamides is 1. The molecule has 1 aromatic carbocycles. The van der Waals surface area contributed by atoms with E-state index in [0.29, 0.717) is 17.9 Å². The number of aryl methyl sites for hydroxylation is 3. The fourth-order valence-corrected chi connectivity index (χ4v) is 6.84. The Morgan fingerprint density at radius 1 is 1.35 bits per heavy atom. The molecule has 1 unspecified atom stereocenters. The number of hydrogen-bond donors (Lipinski definition) is 1. The summed E-state index contributed by atoms with van der Waals surface area (Å²) in [6.07, 6.45) is 0. The first-order valence-corrected chi connectivity index (χ1v) is 11.6. The highest BCUT2D eigenvalue weighted by Crippen LogP contribution is 2.30. The van der Waals surface area contributed by atoms with Crippen LogP contribution in [0.3, 0.4) is 0 Å². The van der Waals surface area contributed by atoms with E-state index in [1.165, 1.54) is 27.4 Å². The van der Waals surface area contributed by atoms with Crippen LogP contribution in [0.5, 0.6) is 0 Å². The van der Waals surface area contributed by atoms with Gasteiger partial charge in [0, 0.05) is 11.1 Å². The van der Waals surface area contributed by atoms with Gasteiger partial charge >= 0.3 is 0 Å². The molecule has 6 nitrogen and oxygen atoms in total. The molecule has 1 aliphatic rings. The predicted molar refractivity (Wildman–Crippen MR) is 105 cm³/mol. The summed E-state index contributed by atoms with van der Waals surface area (Å²) in [6.45, 7) is 5.91. The molecule has 2 heterocycles. The van der Waals surface area contributed by atoms with Crippen LogP contribution >= 0.6 is 23.1 Å². The van der Waals surface area contributed by atoms with Crippen molar-refractivity contribution in [1.82, 2.24) is 14.6 Å². The number of amides is 1. The fourth-order valence-electron chi connectivity index (χ4n) is 2.87. The van der Waals surface area contributed by atoms with Crippen LogP contribution in [-0.4, -0.2) is 41.3 Å². The Bertz CT molecular complexity index is 924. The van der Waals surface area contributed by atoms with Gasteiger partial charge in [-0.1, -0.05) is 17.7 Å². The summed E-state index contributed by atoms with van der Waals surface area (Å²) in [4.78, 5) is 17.2. The third-order valence-electron chi connectivity index (χ3n) is 4.17. The second-order valence-electron chi connectivity index (χ2n) is 6.25. The molecule has 0 aliphatic carbocycles. The molecule has 1 aromatic heterocycles. The number of nitrogens with zero attached hydrogens (tertiary/aromatic N) is 2. The molecule has 1 atom stereocenters. The lowest BCUT2D eigenvalue weighted by Gasteiger charge is -2.23. The molecule has 0 spiro atoms. The number of rotatable bonds is 5. The van der Waals surface area contributed by atoms with Crippen LogP contribution in [0.4, 0.5) is 0 Å². The van der Waals surface area contributed by atoms with E-state index in [-0.39, 0.29) is 16.7 Å². The van der Waals surface area contributed by atoms with E-state index < -0.39 is 16.1 Å². The van der Waals surface area contributed by atoms with E-state index in [0.717, 1.165) is 16.3 Å². The van der Waals surface area contributed by atoms with Crippen molar-refractivity contribution in [1.29, 1.82) is 0 Å². The second kappa shape index (κ2) is 7.67. The second-order valence-corrected chi connectivity index (χ2v) is 10.2. The van der Waals surface area contributed by atoms with Gasteiger partial charge in [0.25, 0.3) is 0 Å². The number of benzene rings is 1. The maximum atomic E-state index is 13.1. The Balaban J connectivity index is 1.77. The first-order chi connectivity index (χ1) is 12.3. The van der Waals surface area contributed by atoms with E-state index >= 15 is 0 Å². The zero-order valence-corrected chi connectivity index (χ0v) is 17.3. The normalized spacial score (nSPS) is 18.2. The van der Waals surface area contributed by atoms with Gasteiger partial charge in [0.1, 0.15) is 6.04 Å². The Morgan fingerprint density at radius 2 is 2.12 bits per heavy atom. The maximum absolute atomic E-state index is 13.1. The van der Waals surface area contributed by atoms with Crippen molar-refractivity contribution >= 4 is 39.0 Å². The molecule has 1 aliphatic heterocycles. The molecule has 0 radical (unpaired) electrons. The molecule has 1 saturated heterocycles. The highest BCUT2D eigenvalue weighted by atomic mass is 32.2. The molecule has 1 amide bonds. The smallest absolute Gasteiger partial charge is 0.244 e. The quantitative estimate of drug-likeness (QED) is 0.818. The van der Waals surface area contributed by atoms with Crippen LogP contribution in [0, 0.1) is 20.8 Å². The van der Waals surface area contributed by atoms with Crippen LogP contribution in [0.2, 0.25) is 0 Å². The maximum Gasteiger partial charge on any atom is 0.244 e. The van der Waals surface area contributed by atoms with E-state index in [1.54, 1.807) is 19.1 Å². The zero-order chi connectivity index (χ0) is 18.9. The molecular formula is C17H21N3O3S3. The molecule has 9 heteroatoms. The van der Waals surface area contributed by atoms with Crippen molar-refractivity contribution < 1.29 is 13.2 Å². The number of aromatic nitrogens is 1. The largest absolute Gasteiger partial charge is 0.349 e. The lowest BCUT2D eigenvalue weighted by molar-refractivity contribution is -0.124. The molecule has 2 aromatic rings. The van der Waals surface area contributed by atoms with Crippen molar-refractivity contribution in [3.05, 3.63) is 45.4 Å². The zero-order valence-electron chi connectivity index (χ0n) is 14.9. The monoisotopic (exact) mass is 411 g/mol. The number of carbonyl (C=O) groups is 1. The summed E-state index contributed by atoms with van der Waals surface area (Å²) in [5.74, 6) is 0.448. The van der Waals surface area contributed by atoms with Crippen LogP contribution < -0.4 is 5.32 Å². The summed E-state index contributed by atoms with van der Waals surface area (Å²) in [6, 6.07) is 4.54. The van der Waals surface area contributed by atoms with Gasteiger partial charge in [0.05, 0.1) is 28.0 Å². The third kappa shape index (κ3) is 3.95. The van der Waals surface area contributed by atoms with E-state index in [4.69, 9.17) is 0 Å². The molecule has 140 valence electrons. The van der Waals surface area contributed by atoms with Crippen LogP contribution in [0.1, 0.15) is 21.8 Å². The van der Waals surface area contributed by atoms with Gasteiger partial charge in [-0.2, -0.15) is 4.31 Å². The number of nitrogens with one attached hydrogen (secondary N) is 1. The number of thiazole rings is 1. The van der Waals surface area contributed by atoms with Crippen LogP contribution in [-0.2, 0) is 21.4 Å². The Morgan fingerprint density at radius 3 is 2.77 bits per heavy atom. The highest BCUT2D eigenvalue weighted by molar-refractivity contribution is 8.00. The predicted octanol–water partition coefficient (Wildman–Crippen LogP) is 2.45. The van der Waals surface area contributed by atoms with E-state index in [9.17, 15) is 13.2 Å². The average molecular weight is 412 g/mol. The van der Waals surface area contributed by atoms with E-state index in [2.05, 4.69) is 10.3 Å². The molecular weight excluding hydrogens is 390 g/mol. The van der Waals surface area contributed by atoms with E-state index in [1.807, 2.05) is 25.3 Å². The first-order valence-electron chi connectivity index (χ1n) is 8.14. The summed E-state index contributed by atoms with van der Waals surface area (Å²) < 4.78 is 27.5. The molecule has 1 fully saturated rings. The number of thioether (sulfide) groups is 1. The van der Waals surface area contributed by atoms with Crippen molar-refractivity contribution in [3.8, 4) is 0 Å². The standard InChI is InChI=1S/C17H21N3O3S3/c1-11-4-5-16(12(2)6-11)26(22,23)20-10-24-9-15(20)17(21)18-7-14-8-25-13(3)19-14/h4-6,8,15H,7,9-10H2,1-3H3,(H,18,21). The lowest BCUT2D eigenvalue weighted by atomic mass is 10.2. The Kier molecular flexibility index (Phi) is 5.71. The molecule has 3 rings (SSSR count). The lowest BCUT2D eigenvalue weighted by Crippen LogP contribution is -2.47. The highest BCUT2D eigenvalue weighted by Gasteiger charge is 2.40. The molecule has 26 heavy (non-hydrogen) atoms. The van der Waals surface area contributed by atoms with Gasteiger partial charge in [-0.05, 0) is 32.4 Å².